The number of phenols is 9. The molecule has 1 saturated heterocycles. The summed E-state index contributed by atoms with van der Waals surface area (Å²) in [5, 5.41) is 113. The lowest BCUT2D eigenvalue weighted by Crippen LogP contribution is -2.61. The summed E-state index contributed by atoms with van der Waals surface area (Å²) in [6.07, 6.45) is -10.2. The van der Waals surface area contributed by atoms with Gasteiger partial charge in [0.1, 0.15) is 18.8 Å². The predicted octanol–water partition coefficient (Wildman–Crippen LogP) is -0.297. The number of rotatable bonds is 2. The van der Waals surface area contributed by atoms with Crippen LogP contribution in [0.4, 0.5) is 0 Å². The van der Waals surface area contributed by atoms with E-state index in [0.29, 0.717) is 24.3 Å². The highest BCUT2D eigenvalue weighted by Gasteiger charge is 2.50. The average Bonchev–Trinajstić information content (AvgIpc) is 2.99. The van der Waals surface area contributed by atoms with Crippen molar-refractivity contribution in [2.75, 3.05) is 6.61 Å². The molecule has 2 unspecified atom stereocenters. The van der Waals surface area contributed by atoms with Crippen LogP contribution in [0.25, 0.3) is 11.1 Å². The summed E-state index contributed by atoms with van der Waals surface area (Å²) in [7, 11) is 0. The first-order chi connectivity index (χ1) is 21.1. The van der Waals surface area contributed by atoms with E-state index in [1.807, 2.05) is 0 Å². The van der Waals surface area contributed by atoms with Crippen LogP contribution >= 0.6 is 0 Å². The van der Waals surface area contributed by atoms with Crippen LogP contribution in [0.2, 0.25) is 0 Å². The number of cyclic esters (lactones) is 1. The maximum absolute atomic E-state index is 13.4. The zero-order chi connectivity index (χ0) is 33.1. The first-order valence-electron chi connectivity index (χ1n) is 12.5. The Hall–Kier alpha value is -5.85. The quantitative estimate of drug-likeness (QED) is 0.0979. The van der Waals surface area contributed by atoms with Crippen LogP contribution in [0.15, 0.2) is 24.3 Å². The van der Waals surface area contributed by atoms with Gasteiger partial charge in [-0.15, -0.1) is 0 Å². The number of aliphatic hydroxyl groups is 2. The highest BCUT2D eigenvalue weighted by atomic mass is 16.7. The van der Waals surface area contributed by atoms with Crippen LogP contribution in [0.3, 0.4) is 0 Å². The number of aliphatic hydroxyl groups excluding tert-OH is 2. The molecular weight excluding hydrogens is 612 g/mol. The van der Waals surface area contributed by atoms with Gasteiger partial charge in [-0.1, -0.05) is 0 Å². The molecule has 18 heteroatoms. The average molecular weight is 634 g/mol. The topological polar surface area (TPSA) is 311 Å². The number of carbonyl (C=O) groups is 3. The van der Waals surface area contributed by atoms with Gasteiger partial charge in [-0.25, -0.2) is 14.4 Å². The molecule has 5 rings (SSSR count). The molecule has 1 fully saturated rings. The molecule has 0 aromatic heterocycles. The third-order valence-corrected chi connectivity index (χ3v) is 6.99. The van der Waals surface area contributed by atoms with Crippen molar-refractivity contribution in [3.8, 4) is 62.9 Å². The second-order valence-corrected chi connectivity index (χ2v) is 9.79. The zero-order valence-corrected chi connectivity index (χ0v) is 22.2. The minimum Gasteiger partial charge on any atom is -0.504 e. The number of phenolic OH excluding ortho intramolecular Hbond substituents is 9. The summed E-state index contributed by atoms with van der Waals surface area (Å²) in [4.78, 5) is 39.4. The fourth-order valence-electron chi connectivity index (χ4n) is 4.71. The maximum Gasteiger partial charge on any atom is 0.341 e. The molecule has 5 atom stereocenters. The number of fused-ring (bicyclic) bond motifs is 5. The number of aromatic hydroxyl groups is 9. The van der Waals surface area contributed by atoms with E-state index in [9.17, 15) is 70.6 Å². The van der Waals surface area contributed by atoms with Gasteiger partial charge >= 0.3 is 17.9 Å². The summed E-state index contributed by atoms with van der Waals surface area (Å²) in [5.41, 5.74) is -4.12. The number of hydrogen-bond donors (Lipinski definition) is 11. The van der Waals surface area contributed by atoms with Gasteiger partial charge in [-0.2, -0.15) is 0 Å². The second-order valence-electron chi connectivity index (χ2n) is 9.79. The van der Waals surface area contributed by atoms with Crippen molar-refractivity contribution in [3.63, 3.8) is 0 Å². The predicted molar refractivity (Wildman–Crippen MR) is 139 cm³/mol. The molecule has 238 valence electrons. The van der Waals surface area contributed by atoms with Gasteiger partial charge in [0.05, 0.1) is 16.7 Å². The first kappa shape index (κ1) is 30.6. The summed E-state index contributed by atoms with van der Waals surface area (Å²) in [6.45, 7) is -0.947. The smallest absolute Gasteiger partial charge is 0.341 e. The van der Waals surface area contributed by atoms with Crippen LogP contribution in [0, 0.1) is 0 Å². The van der Waals surface area contributed by atoms with E-state index in [2.05, 4.69) is 0 Å². The lowest BCUT2D eigenvalue weighted by molar-refractivity contribution is -0.284. The molecule has 11 N–H and O–H groups in total. The Morgan fingerprint density at radius 1 is 0.667 bits per heavy atom. The highest BCUT2D eigenvalue weighted by Crippen LogP contribution is 2.52. The van der Waals surface area contributed by atoms with Crippen LogP contribution in [-0.4, -0.2) is 111 Å². The third-order valence-electron chi connectivity index (χ3n) is 6.99. The number of esters is 3. The zero-order valence-electron chi connectivity index (χ0n) is 22.2. The summed E-state index contributed by atoms with van der Waals surface area (Å²) in [5.74, 6) is -14.5. The molecular formula is C27H22O18. The van der Waals surface area contributed by atoms with E-state index < -0.39 is 135 Å². The number of carbonyl (C=O) groups excluding carboxylic acids is 3. The molecule has 2 aliphatic rings. The molecule has 0 aliphatic carbocycles. The Bertz CT molecular complexity index is 1730. The van der Waals surface area contributed by atoms with E-state index in [1.165, 1.54) is 0 Å². The van der Waals surface area contributed by atoms with E-state index in [1.54, 1.807) is 0 Å². The first-order valence-corrected chi connectivity index (χ1v) is 12.5. The SMILES string of the molecule is O=C(O[C@H]1C(O)[C@@H]2OC(=O)c3cc(O)c(O)c(O)c3-c3c(cc(O)c(O)c3O)C(=O)OCC(O2)[C@H]1O)c1cc(O)c(O)c(O)c1. The van der Waals surface area contributed by atoms with E-state index in [0.717, 1.165) is 0 Å². The van der Waals surface area contributed by atoms with Gasteiger partial charge in [0.25, 0.3) is 0 Å². The molecule has 0 radical (unpaired) electrons. The van der Waals surface area contributed by atoms with Crippen molar-refractivity contribution in [3.05, 3.63) is 41.0 Å². The largest absolute Gasteiger partial charge is 0.504 e. The molecule has 18 nitrogen and oxygen atoms in total. The summed E-state index contributed by atoms with van der Waals surface area (Å²) in [6, 6.07) is 2.45. The normalized spacial score (nSPS) is 22.9. The van der Waals surface area contributed by atoms with Crippen LogP contribution < -0.4 is 0 Å². The molecule has 0 amide bonds. The van der Waals surface area contributed by atoms with Gasteiger partial charge in [-0.3, -0.25) is 0 Å². The Morgan fingerprint density at radius 3 is 1.69 bits per heavy atom. The number of benzene rings is 3. The van der Waals surface area contributed by atoms with Gasteiger partial charge < -0.3 is 75.1 Å². The molecule has 2 heterocycles. The van der Waals surface area contributed by atoms with Crippen molar-refractivity contribution in [2.45, 2.75) is 30.7 Å². The standard InChI is InChI=1S/C27H22O18/c28-9-1-6(2-10(29)16(9)32)24(39)44-23-19(35)13-5-42-25(40)7-3-11(30)17(33)20(36)14(7)15-8(4-12(31)18(34)21(15)37)26(41)45-27(43-13)22(23)38/h1-4,13,19,22-23,27-38H,5H2/t13?,19-,22?,23-,27+/m1/s1. The van der Waals surface area contributed by atoms with Gasteiger partial charge in [0.2, 0.25) is 17.8 Å². The summed E-state index contributed by atoms with van der Waals surface area (Å²) >= 11 is 0. The monoisotopic (exact) mass is 634 g/mol. The Kier molecular flexibility index (Phi) is 7.49. The third kappa shape index (κ3) is 5.07. The second kappa shape index (κ2) is 11.0. The fourth-order valence-corrected chi connectivity index (χ4v) is 4.71. The Balaban J connectivity index is 1.61. The van der Waals surface area contributed by atoms with Crippen molar-refractivity contribution >= 4 is 17.9 Å². The lowest BCUT2D eigenvalue weighted by Gasteiger charge is -2.41. The van der Waals surface area contributed by atoms with Crippen LogP contribution in [0.5, 0.6) is 51.7 Å². The van der Waals surface area contributed by atoms with E-state index >= 15 is 0 Å². The minimum absolute atomic E-state index is 0.514. The minimum atomic E-state index is -2.22. The van der Waals surface area contributed by atoms with Crippen molar-refractivity contribution < 1.29 is 89.5 Å². The van der Waals surface area contributed by atoms with Gasteiger partial charge in [0.15, 0.2) is 52.5 Å². The van der Waals surface area contributed by atoms with Crippen LogP contribution in [0.1, 0.15) is 31.1 Å². The lowest BCUT2D eigenvalue weighted by atomic mass is 9.91. The fraction of sp³-hybridized carbons (Fsp3) is 0.222. The van der Waals surface area contributed by atoms with Crippen molar-refractivity contribution in [1.29, 1.82) is 0 Å². The number of hydrogen-bond acceptors (Lipinski definition) is 18. The Morgan fingerprint density at radius 2 is 1.16 bits per heavy atom. The van der Waals surface area contributed by atoms with E-state index in [4.69, 9.17) is 18.9 Å². The van der Waals surface area contributed by atoms with Crippen molar-refractivity contribution in [1.82, 2.24) is 0 Å². The molecule has 0 spiro atoms. The van der Waals surface area contributed by atoms with Gasteiger partial charge in [-0.05, 0) is 24.3 Å². The summed E-state index contributed by atoms with van der Waals surface area (Å²) < 4.78 is 20.8. The van der Waals surface area contributed by atoms with E-state index in [-0.39, 0.29) is 0 Å². The molecule has 3 aromatic carbocycles. The molecule has 2 bridgehead atoms. The maximum atomic E-state index is 13.4. The van der Waals surface area contributed by atoms with Gasteiger partial charge in [0, 0.05) is 11.1 Å². The highest BCUT2D eigenvalue weighted by molar-refractivity contribution is 6.08. The molecule has 2 aliphatic heterocycles. The number of ether oxygens (including phenoxy) is 4. The molecule has 45 heavy (non-hydrogen) atoms. The van der Waals surface area contributed by atoms with Crippen molar-refractivity contribution in [2.24, 2.45) is 0 Å². The van der Waals surface area contributed by atoms with Crippen LogP contribution in [-0.2, 0) is 18.9 Å². The molecule has 3 aromatic rings. The molecule has 0 saturated carbocycles. The Labute approximate surface area is 248 Å².